The van der Waals surface area contributed by atoms with Crippen LogP contribution >= 0.6 is 23.2 Å². The van der Waals surface area contributed by atoms with Crippen molar-refractivity contribution in [1.29, 1.82) is 0 Å². The number of rotatable bonds is 4. The maximum Gasteiger partial charge on any atom is 0.142 e. The van der Waals surface area contributed by atoms with Crippen LogP contribution in [-0.4, -0.2) is 7.05 Å². The van der Waals surface area contributed by atoms with Crippen molar-refractivity contribution >= 4 is 23.2 Å². The molecule has 2 aromatic carbocycles. The first kappa shape index (κ1) is 14.3. The van der Waals surface area contributed by atoms with E-state index < -0.39 is 5.82 Å². The number of benzene rings is 2. The maximum absolute atomic E-state index is 13.5. The Hall–Kier alpha value is -1.09. The lowest BCUT2D eigenvalue weighted by atomic mass is 9.99. The zero-order chi connectivity index (χ0) is 13.8. The second-order valence-electron chi connectivity index (χ2n) is 4.31. The molecule has 0 aliphatic carbocycles. The number of nitrogens with one attached hydrogen (secondary N) is 1. The number of likely N-dealkylation sites (N-methyl/N-ethyl adjacent to an activating group) is 1. The SMILES string of the molecule is CNC(Cc1ccc(Cl)cc1)c1cccc(F)c1Cl. The monoisotopic (exact) mass is 297 g/mol. The molecule has 0 saturated carbocycles. The second kappa shape index (κ2) is 6.38. The normalized spacial score (nSPS) is 12.4. The Kier molecular flexibility index (Phi) is 4.81. The molecular formula is C15H14Cl2FN. The molecule has 2 aromatic rings. The summed E-state index contributed by atoms with van der Waals surface area (Å²) in [7, 11) is 1.84. The maximum atomic E-state index is 13.5. The summed E-state index contributed by atoms with van der Waals surface area (Å²) in [4.78, 5) is 0. The van der Waals surface area contributed by atoms with Gasteiger partial charge in [0.05, 0.1) is 5.02 Å². The smallest absolute Gasteiger partial charge is 0.142 e. The van der Waals surface area contributed by atoms with Crippen LogP contribution in [0.3, 0.4) is 0 Å². The van der Waals surface area contributed by atoms with Crippen LogP contribution in [-0.2, 0) is 6.42 Å². The summed E-state index contributed by atoms with van der Waals surface area (Å²) in [5.74, 6) is -0.393. The molecule has 1 unspecified atom stereocenters. The molecule has 0 amide bonds. The largest absolute Gasteiger partial charge is 0.313 e. The average Bonchev–Trinajstić information content (AvgIpc) is 2.42. The molecule has 0 saturated heterocycles. The molecule has 4 heteroatoms. The van der Waals surface area contributed by atoms with Crippen molar-refractivity contribution in [2.75, 3.05) is 7.05 Å². The molecule has 0 aromatic heterocycles. The van der Waals surface area contributed by atoms with Gasteiger partial charge in [-0.2, -0.15) is 0 Å². The first-order chi connectivity index (χ1) is 9.11. The number of halogens is 3. The van der Waals surface area contributed by atoms with Crippen molar-refractivity contribution in [2.45, 2.75) is 12.5 Å². The van der Waals surface area contributed by atoms with Gasteiger partial charge in [0.1, 0.15) is 5.82 Å². The summed E-state index contributed by atoms with van der Waals surface area (Å²) < 4.78 is 13.5. The molecule has 0 aliphatic rings. The third kappa shape index (κ3) is 3.47. The summed E-state index contributed by atoms with van der Waals surface area (Å²) in [6, 6.07) is 12.4. The summed E-state index contributed by atoms with van der Waals surface area (Å²) >= 11 is 11.9. The number of hydrogen-bond donors (Lipinski definition) is 1. The van der Waals surface area contributed by atoms with E-state index >= 15 is 0 Å². The highest BCUT2D eigenvalue weighted by molar-refractivity contribution is 6.31. The van der Waals surface area contributed by atoms with Crippen LogP contribution in [0.5, 0.6) is 0 Å². The molecule has 19 heavy (non-hydrogen) atoms. The van der Waals surface area contributed by atoms with Crippen LogP contribution in [0.25, 0.3) is 0 Å². The zero-order valence-electron chi connectivity index (χ0n) is 10.5. The first-order valence-electron chi connectivity index (χ1n) is 5.97. The topological polar surface area (TPSA) is 12.0 Å². The van der Waals surface area contributed by atoms with E-state index in [2.05, 4.69) is 5.32 Å². The van der Waals surface area contributed by atoms with Gasteiger partial charge in [0, 0.05) is 11.1 Å². The minimum Gasteiger partial charge on any atom is -0.313 e. The highest BCUT2D eigenvalue weighted by Crippen LogP contribution is 2.28. The van der Waals surface area contributed by atoms with E-state index in [1.165, 1.54) is 6.07 Å². The van der Waals surface area contributed by atoms with Crippen LogP contribution < -0.4 is 5.32 Å². The standard InChI is InChI=1S/C15H14Cl2FN/c1-19-14(9-10-5-7-11(16)8-6-10)12-3-2-4-13(18)15(12)17/h2-8,14,19H,9H2,1H3. The fourth-order valence-corrected chi connectivity index (χ4v) is 2.40. The Morgan fingerprint density at radius 3 is 2.42 bits per heavy atom. The zero-order valence-corrected chi connectivity index (χ0v) is 12.0. The molecule has 0 aliphatic heterocycles. The van der Waals surface area contributed by atoms with Crippen molar-refractivity contribution in [3.63, 3.8) is 0 Å². The van der Waals surface area contributed by atoms with Gasteiger partial charge in [0.15, 0.2) is 0 Å². The molecule has 0 radical (unpaired) electrons. The third-order valence-electron chi connectivity index (χ3n) is 3.06. The molecule has 0 fully saturated rings. The third-order valence-corrected chi connectivity index (χ3v) is 3.71. The lowest BCUT2D eigenvalue weighted by Gasteiger charge is -2.18. The van der Waals surface area contributed by atoms with E-state index in [1.807, 2.05) is 37.4 Å². The van der Waals surface area contributed by atoms with Crippen molar-refractivity contribution in [1.82, 2.24) is 5.32 Å². The van der Waals surface area contributed by atoms with Gasteiger partial charge in [-0.15, -0.1) is 0 Å². The predicted molar refractivity (Wildman–Crippen MR) is 78.4 cm³/mol. The summed E-state index contributed by atoms with van der Waals surface area (Å²) in [6.45, 7) is 0. The first-order valence-corrected chi connectivity index (χ1v) is 6.73. The summed E-state index contributed by atoms with van der Waals surface area (Å²) in [6.07, 6.45) is 0.719. The Bertz CT molecular complexity index is 555. The van der Waals surface area contributed by atoms with Crippen molar-refractivity contribution in [2.24, 2.45) is 0 Å². The van der Waals surface area contributed by atoms with Gasteiger partial charge < -0.3 is 5.32 Å². The van der Waals surface area contributed by atoms with E-state index in [0.29, 0.717) is 5.02 Å². The summed E-state index contributed by atoms with van der Waals surface area (Å²) in [5.41, 5.74) is 1.88. The van der Waals surface area contributed by atoms with Crippen LogP contribution in [0.4, 0.5) is 4.39 Å². The van der Waals surface area contributed by atoms with E-state index in [4.69, 9.17) is 23.2 Å². The van der Waals surface area contributed by atoms with Gasteiger partial charge in [0.25, 0.3) is 0 Å². The minimum absolute atomic E-state index is 0.0376. The molecule has 0 heterocycles. The van der Waals surface area contributed by atoms with Crippen LogP contribution in [0.1, 0.15) is 17.2 Å². The fraction of sp³-hybridized carbons (Fsp3) is 0.200. The number of hydrogen-bond acceptors (Lipinski definition) is 1. The van der Waals surface area contributed by atoms with E-state index in [0.717, 1.165) is 17.5 Å². The van der Waals surface area contributed by atoms with Crippen molar-refractivity contribution in [3.05, 3.63) is 69.5 Å². The van der Waals surface area contributed by atoms with E-state index in [9.17, 15) is 4.39 Å². The van der Waals surface area contributed by atoms with Gasteiger partial charge in [-0.3, -0.25) is 0 Å². The minimum atomic E-state index is -0.393. The second-order valence-corrected chi connectivity index (χ2v) is 5.13. The predicted octanol–water partition coefficient (Wildman–Crippen LogP) is 4.64. The molecule has 0 bridgehead atoms. The van der Waals surface area contributed by atoms with Gasteiger partial charge >= 0.3 is 0 Å². The van der Waals surface area contributed by atoms with Gasteiger partial charge in [-0.05, 0) is 42.8 Å². The van der Waals surface area contributed by atoms with Crippen LogP contribution in [0.15, 0.2) is 42.5 Å². The molecule has 1 nitrogen and oxygen atoms in total. The van der Waals surface area contributed by atoms with Crippen LogP contribution in [0.2, 0.25) is 10.0 Å². The van der Waals surface area contributed by atoms with Crippen molar-refractivity contribution in [3.8, 4) is 0 Å². The lowest BCUT2D eigenvalue weighted by Crippen LogP contribution is -2.19. The molecule has 1 N–H and O–H groups in total. The average molecular weight is 298 g/mol. The molecule has 2 rings (SSSR count). The van der Waals surface area contributed by atoms with Crippen molar-refractivity contribution < 1.29 is 4.39 Å². The molecular weight excluding hydrogens is 284 g/mol. The fourth-order valence-electron chi connectivity index (χ4n) is 2.01. The van der Waals surface area contributed by atoms with E-state index in [-0.39, 0.29) is 11.1 Å². The molecule has 100 valence electrons. The van der Waals surface area contributed by atoms with Gasteiger partial charge in [0.2, 0.25) is 0 Å². The highest BCUT2D eigenvalue weighted by atomic mass is 35.5. The Labute approximate surface area is 122 Å². The highest BCUT2D eigenvalue weighted by Gasteiger charge is 2.15. The molecule has 0 spiro atoms. The van der Waals surface area contributed by atoms with Crippen LogP contribution in [0, 0.1) is 5.82 Å². The Morgan fingerprint density at radius 1 is 1.11 bits per heavy atom. The van der Waals surface area contributed by atoms with Gasteiger partial charge in [-0.1, -0.05) is 47.5 Å². The summed E-state index contributed by atoms with van der Waals surface area (Å²) in [5, 5.41) is 4.04. The Morgan fingerprint density at radius 2 is 1.79 bits per heavy atom. The van der Waals surface area contributed by atoms with E-state index in [1.54, 1.807) is 6.07 Å². The lowest BCUT2D eigenvalue weighted by molar-refractivity contribution is 0.578. The Balaban J connectivity index is 2.25. The molecule has 1 atom stereocenters. The van der Waals surface area contributed by atoms with Gasteiger partial charge in [-0.25, -0.2) is 4.39 Å². The quantitative estimate of drug-likeness (QED) is 0.867.